The minimum atomic E-state index is -0.276. The maximum atomic E-state index is 13.0. The van der Waals surface area contributed by atoms with E-state index >= 15 is 0 Å². The fourth-order valence-corrected chi connectivity index (χ4v) is 3.44. The Bertz CT molecular complexity index is 927. The molecular formula is C19H18FN3O. The zero-order valence-electron chi connectivity index (χ0n) is 13.2. The Kier molecular flexibility index (Phi) is 3.76. The van der Waals surface area contributed by atoms with Crippen molar-refractivity contribution in [3.05, 3.63) is 64.8 Å². The molecule has 0 saturated heterocycles. The van der Waals surface area contributed by atoms with Gasteiger partial charge in [0, 0.05) is 35.4 Å². The highest BCUT2D eigenvalue weighted by atomic mass is 19.1. The number of aromatic nitrogens is 2. The summed E-state index contributed by atoms with van der Waals surface area (Å²) in [4.78, 5) is 16.8. The first-order valence-electron chi connectivity index (χ1n) is 8.24. The molecule has 0 spiro atoms. The SMILES string of the molecule is O=c1ccc2cnc(Nc3ccc(F)cc3)cc2n1C1CCCC1. The van der Waals surface area contributed by atoms with Gasteiger partial charge in [0.05, 0.1) is 5.52 Å². The second-order valence-electron chi connectivity index (χ2n) is 6.24. The van der Waals surface area contributed by atoms with Gasteiger partial charge in [-0.25, -0.2) is 9.37 Å². The average Bonchev–Trinajstić information content (AvgIpc) is 3.11. The first kappa shape index (κ1) is 14.9. The summed E-state index contributed by atoms with van der Waals surface area (Å²) in [6.45, 7) is 0. The summed E-state index contributed by atoms with van der Waals surface area (Å²) >= 11 is 0. The summed E-state index contributed by atoms with van der Waals surface area (Å²) in [7, 11) is 0. The summed E-state index contributed by atoms with van der Waals surface area (Å²) < 4.78 is 14.9. The number of hydrogen-bond acceptors (Lipinski definition) is 3. The fraction of sp³-hybridized carbons (Fsp3) is 0.263. The maximum absolute atomic E-state index is 13.0. The Morgan fingerprint density at radius 1 is 1.08 bits per heavy atom. The van der Waals surface area contributed by atoms with Crippen molar-refractivity contribution in [2.45, 2.75) is 31.7 Å². The first-order valence-corrected chi connectivity index (χ1v) is 8.24. The molecule has 2 heterocycles. The molecule has 4 nitrogen and oxygen atoms in total. The van der Waals surface area contributed by atoms with Crippen LogP contribution in [0.3, 0.4) is 0 Å². The Hall–Kier alpha value is -2.69. The Morgan fingerprint density at radius 2 is 1.83 bits per heavy atom. The molecule has 122 valence electrons. The van der Waals surface area contributed by atoms with Gasteiger partial charge in [-0.2, -0.15) is 0 Å². The van der Waals surface area contributed by atoms with Crippen molar-refractivity contribution in [3.63, 3.8) is 0 Å². The monoisotopic (exact) mass is 323 g/mol. The molecule has 1 aliphatic rings. The number of rotatable bonds is 3. The minimum Gasteiger partial charge on any atom is -0.340 e. The molecule has 3 aromatic rings. The molecule has 0 atom stereocenters. The summed E-state index contributed by atoms with van der Waals surface area (Å²) in [6.07, 6.45) is 6.19. The summed E-state index contributed by atoms with van der Waals surface area (Å²) in [5, 5.41) is 4.12. The molecule has 1 aromatic carbocycles. The van der Waals surface area contributed by atoms with Gasteiger partial charge >= 0.3 is 0 Å². The fourth-order valence-electron chi connectivity index (χ4n) is 3.44. The summed E-state index contributed by atoms with van der Waals surface area (Å²) in [5.74, 6) is 0.369. The lowest BCUT2D eigenvalue weighted by atomic mass is 10.2. The standard InChI is InChI=1S/C19H18FN3O/c20-14-6-8-15(9-7-14)22-18-11-17-13(12-21-18)5-10-19(24)23(17)16-3-1-2-4-16/h5-12,16H,1-4H2,(H,21,22). The van der Waals surface area contributed by atoms with Crippen LogP contribution >= 0.6 is 0 Å². The van der Waals surface area contributed by atoms with Gasteiger partial charge in [0.1, 0.15) is 11.6 Å². The lowest BCUT2D eigenvalue weighted by molar-refractivity contribution is 0.519. The molecule has 1 saturated carbocycles. The minimum absolute atomic E-state index is 0.0355. The number of halogens is 1. The quantitative estimate of drug-likeness (QED) is 0.777. The molecule has 4 rings (SSSR count). The predicted molar refractivity (Wildman–Crippen MR) is 93.2 cm³/mol. The molecule has 0 amide bonds. The van der Waals surface area contributed by atoms with Crippen LogP contribution in [0.5, 0.6) is 0 Å². The number of nitrogens with one attached hydrogen (secondary N) is 1. The van der Waals surface area contributed by atoms with Gasteiger partial charge in [-0.05, 0) is 43.2 Å². The highest BCUT2D eigenvalue weighted by Crippen LogP contribution is 2.31. The molecule has 1 N–H and O–H groups in total. The van der Waals surface area contributed by atoms with E-state index in [0.717, 1.165) is 29.4 Å². The lowest BCUT2D eigenvalue weighted by Crippen LogP contribution is -2.22. The van der Waals surface area contributed by atoms with Gasteiger partial charge in [0.25, 0.3) is 5.56 Å². The van der Waals surface area contributed by atoms with Crippen molar-refractivity contribution >= 4 is 22.4 Å². The molecule has 1 fully saturated rings. The van der Waals surface area contributed by atoms with E-state index in [4.69, 9.17) is 0 Å². The Morgan fingerprint density at radius 3 is 2.58 bits per heavy atom. The van der Waals surface area contributed by atoms with Gasteiger partial charge < -0.3 is 9.88 Å². The van der Waals surface area contributed by atoms with E-state index in [2.05, 4.69) is 10.3 Å². The second kappa shape index (κ2) is 6.07. The highest BCUT2D eigenvalue weighted by molar-refractivity contribution is 5.81. The number of pyridine rings is 2. The number of anilines is 2. The normalized spacial score (nSPS) is 15.0. The molecular weight excluding hydrogens is 305 g/mol. The van der Waals surface area contributed by atoms with Gasteiger partial charge in [-0.3, -0.25) is 4.79 Å². The number of nitrogens with zero attached hydrogens (tertiary/aromatic N) is 2. The Balaban J connectivity index is 1.77. The highest BCUT2D eigenvalue weighted by Gasteiger charge is 2.19. The third kappa shape index (κ3) is 2.77. The summed E-state index contributed by atoms with van der Waals surface area (Å²) in [6, 6.07) is 11.7. The molecule has 2 aromatic heterocycles. The van der Waals surface area contributed by atoms with Crippen molar-refractivity contribution in [2.75, 3.05) is 5.32 Å². The van der Waals surface area contributed by atoms with Gasteiger partial charge in [0.15, 0.2) is 0 Å². The van der Waals surface area contributed by atoms with Crippen LogP contribution in [0.1, 0.15) is 31.7 Å². The zero-order valence-corrected chi connectivity index (χ0v) is 13.2. The topological polar surface area (TPSA) is 46.9 Å². The zero-order chi connectivity index (χ0) is 16.5. The van der Waals surface area contributed by atoms with Crippen LogP contribution in [-0.4, -0.2) is 9.55 Å². The van der Waals surface area contributed by atoms with E-state index in [9.17, 15) is 9.18 Å². The number of fused-ring (bicyclic) bond motifs is 1. The van der Waals surface area contributed by atoms with Gasteiger partial charge in [-0.1, -0.05) is 12.8 Å². The van der Waals surface area contributed by atoms with E-state index < -0.39 is 0 Å². The molecule has 0 aliphatic heterocycles. The number of hydrogen-bond donors (Lipinski definition) is 1. The van der Waals surface area contributed by atoms with Crippen LogP contribution in [0.4, 0.5) is 15.9 Å². The molecule has 24 heavy (non-hydrogen) atoms. The maximum Gasteiger partial charge on any atom is 0.251 e. The smallest absolute Gasteiger partial charge is 0.251 e. The van der Waals surface area contributed by atoms with Crippen LogP contribution in [0.25, 0.3) is 10.9 Å². The predicted octanol–water partition coefficient (Wildman–Crippen LogP) is 4.39. The van der Waals surface area contributed by atoms with Crippen molar-refractivity contribution in [3.8, 4) is 0 Å². The van der Waals surface area contributed by atoms with Crippen LogP contribution in [0.15, 0.2) is 53.5 Å². The largest absolute Gasteiger partial charge is 0.340 e. The van der Waals surface area contributed by atoms with E-state index in [-0.39, 0.29) is 17.4 Å². The third-order valence-electron chi connectivity index (χ3n) is 4.62. The average molecular weight is 323 g/mol. The number of benzene rings is 1. The van der Waals surface area contributed by atoms with E-state index in [1.54, 1.807) is 24.4 Å². The first-order chi connectivity index (χ1) is 11.7. The van der Waals surface area contributed by atoms with Crippen molar-refractivity contribution in [2.24, 2.45) is 0 Å². The summed E-state index contributed by atoms with van der Waals surface area (Å²) in [5.41, 5.74) is 1.69. The second-order valence-corrected chi connectivity index (χ2v) is 6.24. The van der Waals surface area contributed by atoms with Crippen LogP contribution in [0.2, 0.25) is 0 Å². The van der Waals surface area contributed by atoms with Crippen LogP contribution in [-0.2, 0) is 0 Å². The lowest BCUT2D eigenvalue weighted by Gasteiger charge is -2.17. The van der Waals surface area contributed by atoms with Crippen LogP contribution in [0, 0.1) is 5.82 Å². The van der Waals surface area contributed by atoms with Crippen molar-refractivity contribution in [1.82, 2.24) is 9.55 Å². The van der Waals surface area contributed by atoms with Crippen molar-refractivity contribution < 1.29 is 4.39 Å². The van der Waals surface area contributed by atoms with E-state index in [1.807, 2.05) is 16.7 Å². The van der Waals surface area contributed by atoms with E-state index in [0.29, 0.717) is 5.82 Å². The molecule has 5 heteroatoms. The molecule has 0 bridgehead atoms. The van der Waals surface area contributed by atoms with Gasteiger partial charge in [0.2, 0.25) is 0 Å². The Labute approximate surface area is 139 Å². The third-order valence-corrected chi connectivity index (χ3v) is 4.62. The van der Waals surface area contributed by atoms with Crippen molar-refractivity contribution in [1.29, 1.82) is 0 Å². The molecule has 1 aliphatic carbocycles. The van der Waals surface area contributed by atoms with Crippen LogP contribution < -0.4 is 10.9 Å². The van der Waals surface area contributed by atoms with E-state index in [1.165, 1.54) is 25.0 Å². The molecule has 0 radical (unpaired) electrons. The molecule has 0 unspecified atom stereocenters. The van der Waals surface area contributed by atoms with Gasteiger partial charge in [-0.15, -0.1) is 0 Å².